The van der Waals surface area contributed by atoms with E-state index in [1.165, 1.54) is 18.6 Å². The maximum atomic E-state index is 12.2. The molecule has 1 aromatic carbocycles. The largest absolute Gasteiger partial charge is 0.454 e. The number of esters is 1. The number of rotatable bonds is 3. The van der Waals surface area contributed by atoms with Crippen molar-refractivity contribution < 1.29 is 13.9 Å². The van der Waals surface area contributed by atoms with Crippen molar-refractivity contribution >= 4 is 17.1 Å². The van der Waals surface area contributed by atoms with Gasteiger partial charge in [0.05, 0.1) is 5.39 Å². The van der Waals surface area contributed by atoms with Crippen LogP contribution in [0.1, 0.15) is 28.9 Å². The highest BCUT2D eigenvalue weighted by Crippen LogP contribution is 2.18. The van der Waals surface area contributed by atoms with Gasteiger partial charge in [0.1, 0.15) is 18.0 Å². The van der Waals surface area contributed by atoms with Crippen molar-refractivity contribution in [3.8, 4) is 0 Å². The van der Waals surface area contributed by atoms with Crippen molar-refractivity contribution in [2.75, 3.05) is 0 Å². The Hall–Kier alpha value is -3.02. The lowest BCUT2D eigenvalue weighted by Crippen LogP contribution is -2.18. The van der Waals surface area contributed by atoms with Crippen molar-refractivity contribution in [3.63, 3.8) is 0 Å². The zero-order valence-electron chi connectivity index (χ0n) is 11.7. The van der Waals surface area contributed by atoms with Crippen LogP contribution in [-0.2, 0) is 4.74 Å². The molecule has 0 N–H and O–H groups in total. The second kappa shape index (κ2) is 5.77. The van der Waals surface area contributed by atoms with E-state index in [1.807, 2.05) is 30.3 Å². The van der Waals surface area contributed by atoms with Crippen molar-refractivity contribution in [2.45, 2.75) is 13.0 Å². The molecule has 0 radical (unpaired) electrons. The smallest absolute Gasteiger partial charge is 0.352 e. The number of carbonyl (C=O) groups is 1. The fourth-order valence-corrected chi connectivity index (χ4v) is 2.03. The topological polar surface area (TPSA) is 82.3 Å². The Bertz CT molecular complexity index is 874. The van der Waals surface area contributed by atoms with Crippen LogP contribution in [0.3, 0.4) is 0 Å². The SMILES string of the molecule is C[C@H](OC(=O)c1cc2cncnc2oc1=O)c1ccccc1. The van der Waals surface area contributed by atoms with Crippen molar-refractivity contribution in [2.24, 2.45) is 0 Å². The first kappa shape index (κ1) is 13.9. The molecule has 0 aliphatic rings. The van der Waals surface area contributed by atoms with Crippen LogP contribution in [0.15, 0.2) is 58.1 Å². The summed E-state index contributed by atoms with van der Waals surface area (Å²) in [6, 6.07) is 10.6. The summed E-state index contributed by atoms with van der Waals surface area (Å²) in [7, 11) is 0. The molecule has 3 aromatic rings. The molecule has 0 aliphatic carbocycles. The van der Waals surface area contributed by atoms with Gasteiger partial charge in [-0.1, -0.05) is 30.3 Å². The van der Waals surface area contributed by atoms with E-state index in [2.05, 4.69) is 9.97 Å². The number of hydrogen-bond acceptors (Lipinski definition) is 6. The highest BCUT2D eigenvalue weighted by Gasteiger charge is 2.19. The summed E-state index contributed by atoms with van der Waals surface area (Å²) >= 11 is 0. The Morgan fingerprint density at radius 2 is 2.05 bits per heavy atom. The van der Waals surface area contributed by atoms with E-state index < -0.39 is 17.7 Å². The zero-order chi connectivity index (χ0) is 15.5. The van der Waals surface area contributed by atoms with Crippen LogP contribution in [0, 0.1) is 0 Å². The predicted octanol–water partition coefficient (Wildman–Crippen LogP) is 2.50. The fourth-order valence-electron chi connectivity index (χ4n) is 2.03. The van der Waals surface area contributed by atoms with Gasteiger partial charge in [-0.3, -0.25) is 0 Å². The number of nitrogens with zero attached hydrogens (tertiary/aromatic N) is 2. The standard InChI is InChI=1S/C16H12N2O4/c1-10(11-5-3-2-4-6-11)21-15(19)13-7-12-8-17-9-18-14(12)22-16(13)20/h2-10H,1H3/t10-/m0/s1. The van der Waals surface area contributed by atoms with Gasteiger partial charge in [0, 0.05) is 6.20 Å². The van der Waals surface area contributed by atoms with Crippen LogP contribution < -0.4 is 5.63 Å². The van der Waals surface area contributed by atoms with Crippen molar-refractivity contribution in [3.05, 3.63) is 70.5 Å². The highest BCUT2D eigenvalue weighted by molar-refractivity contribution is 5.92. The average Bonchev–Trinajstić information content (AvgIpc) is 2.54. The van der Waals surface area contributed by atoms with Crippen LogP contribution in [0.5, 0.6) is 0 Å². The van der Waals surface area contributed by atoms with E-state index in [1.54, 1.807) is 6.92 Å². The van der Waals surface area contributed by atoms with Gasteiger partial charge in [0.25, 0.3) is 0 Å². The van der Waals surface area contributed by atoms with Gasteiger partial charge in [-0.05, 0) is 18.6 Å². The second-order valence-electron chi connectivity index (χ2n) is 4.69. The minimum absolute atomic E-state index is 0.132. The molecule has 0 unspecified atom stereocenters. The summed E-state index contributed by atoms with van der Waals surface area (Å²) in [6.45, 7) is 1.74. The summed E-state index contributed by atoms with van der Waals surface area (Å²) in [5, 5.41) is 0.460. The summed E-state index contributed by atoms with van der Waals surface area (Å²) < 4.78 is 10.3. The molecule has 22 heavy (non-hydrogen) atoms. The number of aromatic nitrogens is 2. The molecule has 0 saturated heterocycles. The summed E-state index contributed by atoms with van der Waals surface area (Å²) in [4.78, 5) is 31.7. The number of benzene rings is 1. The highest BCUT2D eigenvalue weighted by atomic mass is 16.5. The van der Waals surface area contributed by atoms with Crippen LogP contribution in [0.25, 0.3) is 11.1 Å². The van der Waals surface area contributed by atoms with Gasteiger partial charge >= 0.3 is 11.6 Å². The monoisotopic (exact) mass is 296 g/mol. The predicted molar refractivity (Wildman–Crippen MR) is 78.3 cm³/mol. The van der Waals surface area contributed by atoms with Crippen molar-refractivity contribution in [1.82, 2.24) is 9.97 Å². The fraction of sp³-hybridized carbons (Fsp3) is 0.125. The molecule has 0 fully saturated rings. The van der Waals surface area contributed by atoms with E-state index in [9.17, 15) is 9.59 Å². The molecule has 0 amide bonds. The molecule has 0 saturated carbocycles. The Labute approximate surface area is 125 Å². The molecule has 0 spiro atoms. The van der Waals surface area contributed by atoms with Gasteiger partial charge in [-0.25, -0.2) is 19.6 Å². The maximum Gasteiger partial charge on any atom is 0.352 e. The van der Waals surface area contributed by atoms with Gasteiger partial charge in [-0.2, -0.15) is 0 Å². The summed E-state index contributed by atoms with van der Waals surface area (Å²) in [5.74, 6) is -0.740. The molecular formula is C16H12N2O4. The quantitative estimate of drug-likeness (QED) is 0.691. The number of hydrogen-bond donors (Lipinski definition) is 0. The lowest BCUT2D eigenvalue weighted by atomic mass is 10.1. The molecule has 3 rings (SSSR count). The first-order valence-corrected chi connectivity index (χ1v) is 6.65. The summed E-state index contributed by atoms with van der Waals surface area (Å²) in [5.41, 5.74) is 0.0126. The van der Waals surface area contributed by atoms with E-state index in [-0.39, 0.29) is 11.3 Å². The Morgan fingerprint density at radius 3 is 2.82 bits per heavy atom. The first-order chi connectivity index (χ1) is 10.6. The van der Waals surface area contributed by atoms with Crippen LogP contribution >= 0.6 is 0 Å². The molecule has 6 nitrogen and oxygen atoms in total. The molecule has 0 bridgehead atoms. The van der Waals surface area contributed by atoms with Crippen LogP contribution in [0.2, 0.25) is 0 Å². The molecule has 2 heterocycles. The third-order valence-electron chi connectivity index (χ3n) is 3.18. The van der Waals surface area contributed by atoms with Gasteiger partial charge < -0.3 is 9.15 Å². The third-order valence-corrected chi connectivity index (χ3v) is 3.18. The van der Waals surface area contributed by atoms with E-state index >= 15 is 0 Å². The Balaban J connectivity index is 1.89. The minimum Gasteiger partial charge on any atom is -0.454 e. The molecule has 2 aromatic heterocycles. The van der Waals surface area contributed by atoms with E-state index in [0.717, 1.165) is 5.56 Å². The normalized spacial score (nSPS) is 12.0. The zero-order valence-corrected chi connectivity index (χ0v) is 11.7. The van der Waals surface area contributed by atoms with E-state index in [0.29, 0.717) is 5.39 Å². The second-order valence-corrected chi connectivity index (χ2v) is 4.69. The van der Waals surface area contributed by atoms with Gasteiger partial charge in [-0.15, -0.1) is 0 Å². The van der Waals surface area contributed by atoms with Gasteiger partial charge in [0.2, 0.25) is 5.71 Å². The van der Waals surface area contributed by atoms with Crippen molar-refractivity contribution in [1.29, 1.82) is 0 Å². The molecule has 0 aliphatic heterocycles. The third kappa shape index (κ3) is 2.71. The maximum absolute atomic E-state index is 12.2. The lowest BCUT2D eigenvalue weighted by Gasteiger charge is -2.13. The van der Waals surface area contributed by atoms with Crippen LogP contribution in [0.4, 0.5) is 0 Å². The summed E-state index contributed by atoms with van der Waals surface area (Å²) in [6.07, 6.45) is 2.25. The molecular weight excluding hydrogens is 284 g/mol. The number of ether oxygens (including phenoxy) is 1. The van der Waals surface area contributed by atoms with Gasteiger partial charge in [0.15, 0.2) is 0 Å². The molecule has 110 valence electrons. The molecule has 1 atom stereocenters. The van der Waals surface area contributed by atoms with Crippen LogP contribution in [-0.4, -0.2) is 15.9 Å². The van der Waals surface area contributed by atoms with E-state index in [4.69, 9.17) is 9.15 Å². The minimum atomic E-state index is -0.781. The lowest BCUT2D eigenvalue weighted by molar-refractivity contribution is 0.0333. The Morgan fingerprint density at radius 1 is 1.27 bits per heavy atom. The Kier molecular flexibility index (Phi) is 3.65. The molecule has 6 heteroatoms. The number of carbonyl (C=O) groups excluding carboxylic acids is 1. The number of fused-ring (bicyclic) bond motifs is 1. The first-order valence-electron chi connectivity index (χ1n) is 6.65. The average molecular weight is 296 g/mol.